The van der Waals surface area contributed by atoms with Gasteiger partial charge in [0.15, 0.2) is 0 Å². The third-order valence-electron chi connectivity index (χ3n) is 2.49. The van der Waals surface area contributed by atoms with E-state index in [4.69, 9.17) is 10.5 Å². The van der Waals surface area contributed by atoms with Gasteiger partial charge in [0.25, 0.3) is 0 Å². The Balaban J connectivity index is 1.97. The van der Waals surface area contributed by atoms with Crippen LogP contribution in [0.1, 0.15) is 0 Å². The van der Waals surface area contributed by atoms with Crippen molar-refractivity contribution in [2.24, 2.45) is 5.73 Å². The summed E-state index contributed by atoms with van der Waals surface area (Å²) in [6, 6.07) is 7.69. The first-order valence-electron chi connectivity index (χ1n) is 6.81. The zero-order chi connectivity index (χ0) is 16.2. The average Bonchev–Trinajstić information content (AvgIpc) is 2.51. The Hall–Kier alpha value is -1.25. The first-order chi connectivity index (χ1) is 10.6. The average molecular weight is 390 g/mol. The molecule has 8 heteroatoms. The summed E-state index contributed by atoms with van der Waals surface area (Å²) in [6.07, 6.45) is 0. The van der Waals surface area contributed by atoms with Gasteiger partial charge < -0.3 is 21.1 Å². The van der Waals surface area contributed by atoms with Crippen molar-refractivity contribution in [1.82, 2.24) is 10.6 Å². The van der Waals surface area contributed by atoms with Gasteiger partial charge >= 0.3 is 0 Å². The number of halogens is 1. The number of benzene rings is 1. The largest absolute Gasteiger partial charge is 0.493 e. The summed E-state index contributed by atoms with van der Waals surface area (Å²) in [5, 5.41) is 5.13. The fourth-order valence-electron chi connectivity index (χ4n) is 1.45. The van der Waals surface area contributed by atoms with Crippen LogP contribution >= 0.6 is 27.7 Å². The molecule has 6 nitrogen and oxygen atoms in total. The molecule has 1 aromatic rings. The molecular weight excluding hydrogens is 370 g/mol. The number of rotatable bonds is 10. The Morgan fingerprint density at radius 2 is 2.05 bits per heavy atom. The Bertz CT molecular complexity index is 488. The third kappa shape index (κ3) is 8.91. The van der Waals surface area contributed by atoms with Crippen LogP contribution in [-0.4, -0.2) is 49.6 Å². The summed E-state index contributed by atoms with van der Waals surface area (Å²) in [7, 11) is 0. The Labute approximate surface area is 142 Å². The van der Waals surface area contributed by atoms with Crippen LogP contribution in [-0.2, 0) is 9.59 Å². The molecule has 1 aromatic carbocycles. The van der Waals surface area contributed by atoms with Crippen LogP contribution in [0.5, 0.6) is 5.75 Å². The number of hydrogen-bond acceptors (Lipinski definition) is 5. The molecule has 4 N–H and O–H groups in total. The van der Waals surface area contributed by atoms with Gasteiger partial charge in [-0.05, 0) is 18.2 Å². The number of nitrogens with one attached hydrogen (secondary N) is 2. The summed E-state index contributed by atoms with van der Waals surface area (Å²) < 4.78 is 6.58. The van der Waals surface area contributed by atoms with Crippen molar-refractivity contribution in [2.75, 3.05) is 37.7 Å². The van der Waals surface area contributed by atoms with Crippen LogP contribution in [0.15, 0.2) is 28.7 Å². The van der Waals surface area contributed by atoms with Crippen LogP contribution in [0.2, 0.25) is 0 Å². The van der Waals surface area contributed by atoms with E-state index in [2.05, 4.69) is 26.6 Å². The zero-order valence-electron chi connectivity index (χ0n) is 12.1. The van der Waals surface area contributed by atoms with E-state index in [1.165, 1.54) is 0 Å². The van der Waals surface area contributed by atoms with E-state index >= 15 is 0 Å². The van der Waals surface area contributed by atoms with Gasteiger partial charge in [0.05, 0.1) is 19.7 Å². The number of carbonyl (C=O) groups excluding carboxylic acids is 2. The second kappa shape index (κ2) is 11.3. The molecule has 122 valence electrons. The molecule has 1 rings (SSSR count). The lowest BCUT2D eigenvalue weighted by Crippen LogP contribution is -2.40. The van der Waals surface area contributed by atoms with Gasteiger partial charge in [-0.3, -0.25) is 9.59 Å². The molecule has 0 spiro atoms. The fourth-order valence-corrected chi connectivity index (χ4v) is 2.48. The molecule has 0 saturated carbocycles. The molecule has 0 unspecified atom stereocenters. The van der Waals surface area contributed by atoms with Crippen molar-refractivity contribution >= 4 is 39.5 Å². The maximum Gasteiger partial charge on any atom is 0.239 e. The lowest BCUT2D eigenvalue weighted by atomic mass is 10.3. The molecule has 22 heavy (non-hydrogen) atoms. The van der Waals surface area contributed by atoms with Crippen molar-refractivity contribution in [3.63, 3.8) is 0 Å². The maximum absolute atomic E-state index is 11.4. The predicted octanol–water partition coefficient (Wildman–Crippen LogP) is 0.752. The molecule has 0 atom stereocenters. The summed E-state index contributed by atoms with van der Waals surface area (Å²) in [6.45, 7) is 1.02. The molecule has 0 radical (unpaired) electrons. The molecule has 0 bridgehead atoms. The van der Waals surface area contributed by atoms with E-state index in [1.807, 2.05) is 24.3 Å². The maximum atomic E-state index is 11.4. The SMILES string of the molecule is NCC(=O)NCC(=O)NCCSCCOc1cccc(Br)c1. The van der Waals surface area contributed by atoms with Crippen LogP contribution in [0.25, 0.3) is 0 Å². The fraction of sp³-hybridized carbons (Fsp3) is 0.429. The van der Waals surface area contributed by atoms with Gasteiger partial charge in [-0.25, -0.2) is 0 Å². The highest BCUT2D eigenvalue weighted by molar-refractivity contribution is 9.10. The van der Waals surface area contributed by atoms with Crippen molar-refractivity contribution in [3.8, 4) is 5.75 Å². The van der Waals surface area contributed by atoms with Gasteiger partial charge in [-0.15, -0.1) is 0 Å². The summed E-state index contributed by atoms with van der Waals surface area (Å²) in [5.41, 5.74) is 5.12. The minimum atomic E-state index is -0.339. The summed E-state index contributed by atoms with van der Waals surface area (Å²) in [4.78, 5) is 22.2. The van der Waals surface area contributed by atoms with Crippen LogP contribution in [0, 0.1) is 0 Å². The molecule has 0 aliphatic heterocycles. The highest BCUT2D eigenvalue weighted by atomic mass is 79.9. The minimum absolute atomic E-state index is 0.0350. The van der Waals surface area contributed by atoms with E-state index in [-0.39, 0.29) is 24.9 Å². The van der Waals surface area contributed by atoms with E-state index in [9.17, 15) is 9.59 Å². The van der Waals surface area contributed by atoms with Crippen LogP contribution < -0.4 is 21.1 Å². The normalized spacial score (nSPS) is 10.1. The van der Waals surface area contributed by atoms with Gasteiger partial charge in [-0.1, -0.05) is 22.0 Å². The second-order valence-corrected chi connectivity index (χ2v) is 6.39. The van der Waals surface area contributed by atoms with Crippen molar-refractivity contribution in [3.05, 3.63) is 28.7 Å². The predicted molar refractivity (Wildman–Crippen MR) is 92.0 cm³/mol. The molecule has 0 heterocycles. The van der Waals surface area contributed by atoms with Crippen LogP contribution in [0.4, 0.5) is 0 Å². The smallest absolute Gasteiger partial charge is 0.239 e. The quantitative estimate of drug-likeness (QED) is 0.513. The van der Waals surface area contributed by atoms with Gasteiger partial charge in [0.2, 0.25) is 11.8 Å². The number of thioether (sulfide) groups is 1. The van der Waals surface area contributed by atoms with Gasteiger partial charge in [0, 0.05) is 22.5 Å². The van der Waals surface area contributed by atoms with Crippen molar-refractivity contribution in [2.45, 2.75) is 0 Å². The third-order valence-corrected chi connectivity index (χ3v) is 3.93. The van der Waals surface area contributed by atoms with Crippen molar-refractivity contribution in [1.29, 1.82) is 0 Å². The Morgan fingerprint density at radius 3 is 2.77 bits per heavy atom. The molecule has 2 amide bonds. The molecule has 0 aliphatic rings. The van der Waals surface area contributed by atoms with E-state index in [0.29, 0.717) is 13.2 Å². The van der Waals surface area contributed by atoms with Gasteiger partial charge in [-0.2, -0.15) is 11.8 Å². The Kier molecular flexibility index (Phi) is 9.69. The first-order valence-corrected chi connectivity index (χ1v) is 8.76. The number of amides is 2. The number of carbonyl (C=O) groups is 2. The van der Waals surface area contributed by atoms with E-state index in [0.717, 1.165) is 21.7 Å². The standard InChI is InChI=1S/C14H20BrN3O3S/c15-11-2-1-3-12(8-11)21-5-7-22-6-4-17-14(20)10-18-13(19)9-16/h1-3,8H,4-7,9-10,16H2,(H,17,20)(H,18,19). The van der Waals surface area contributed by atoms with E-state index in [1.54, 1.807) is 11.8 Å². The summed E-state index contributed by atoms with van der Waals surface area (Å²) in [5.74, 6) is 1.91. The first kappa shape index (κ1) is 18.8. The molecule has 0 aliphatic carbocycles. The lowest BCUT2D eigenvalue weighted by molar-refractivity contribution is -0.125. The molecule has 0 saturated heterocycles. The number of nitrogens with two attached hydrogens (primary N) is 1. The molecule has 0 aromatic heterocycles. The number of ether oxygens (including phenoxy) is 1. The minimum Gasteiger partial charge on any atom is -0.493 e. The Morgan fingerprint density at radius 1 is 1.23 bits per heavy atom. The zero-order valence-corrected chi connectivity index (χ0v) is 14.5. The monoisotopic (exact) mass is 389 g/mol. The van der Waals surface area contributed by atoms with Crippen molar-refractivity contribution < 1.29 is 14.3 Å². The highest BCUT2D eigenvalue weighted by Crippen LogP contribution is 2.17. The lowest BCUT2D eigenvalue weighted by Gasteiger charge is -2.07. The highest BCUT2D eigenvalue weighted by Gasteiger charge is 2.02. The molecule has 0 fully saturated rings. The molecular formula is C14H20BrN3O3S. The van der Waals surface area contributed by atoms with Crippen LogP contribution in [0.3, 0.4) is 0 Å². The summed E-state index contributed by atoms with van der Waals surface area (Å²) >= 11 is 5.08. The second-order valence-electron chi connectivity index (χ2n) is 4.25. The van der Waals surface area contributed by atoms with Gasteiger partial charge in [0.1, 0.15) is 5.75 Å². The topological polar surface area (TPSA) is 93.5 Å². The van der Waals surface area contributed by atoms with E-state index < -0.39 is 0 Å². The number of hydrogen-bond donors (Lipinski definition) is 3.